The van der Waals surface area contributed by atoms with Gasteiger partial charge in [0, 0.05) is 6.04 Å². The topological polar surface area (TPSA) is 131 Å². The maximum Gasteiger partial charge on any atom is 0.586 e. The molecule has 1 amide bonds. The molecule has 0 radical (unpaired) electrons. The molecule has 1 aliphatic rings. The summed E-state index contributed by atoms with van der Waals surface area (Å²) in [4.78, 5) is 23.9. The lowest BCUT2D eigenvalue weighted by Gasteiger charge is -2.21. The lowest BCUT2D eigenvalue weighted by Crippen LogP contribution is -2.49. The van der Waals surface area contributed by atoms with Crippen molar-refractivity contribution in [3.8, 4) is 11.5 Å². The zero-order valence-corrected chi connectivity index (χ0v) is 14.9. The molecule has 0 saturated heterocycles. The third-order valence-electron chi connectivity index (χ3n) is 4.28. The molecule has 3 atom stereocenters. The Morgan fingerprint density at radius 1 is 1.10 bits per heavy atom. The summed E-state index contributed by atoms with van der Waals surface area (Å²) in [6, 6.07) is 9.61. The van der Waals surface area contributed by atoms with Crippen LogP contribution in [-0.2, 0) is 16.0 Å². The number of carboxylic acid groups (broad SMARTS) is 1. The van der Waals surface area contributed by atoms with E-state index in [1.807, 2.05) is 0 Å². The number of alkyl halides is 2. The lowest BCUT2D eigenvalue weighted by molar-refractivity contribution is -0.286. The van der Waals surface area contributed by atoms with Crippen LogP contribution in [0.1, 0.15) is 17.2 Å². The van der Waals surface area contributed by atoms with Crippen LogP contribution < -0.4 is 20.5 Å². The number of carbonyl (C=O) groups is 2. The second-order valence-corrected chi connectivity index (χ2v) is 6.45. The number of rotatable bonds is 7. The quantitative estimate of drug-likeness (QED) is 0.541. The van der Waals surface area contributed by atoms with Gasteiger partial charge in [0.25, 0.3) is 5.91 Å². The maximum atomic E-state index is 13.1. The van der Waals surface area contributed by atoms with Crippen LogP contribution in [0.5, 0.6) is 11.5 Å². The van der Waals surface area contributed by atoms with Crippen molar-refractivity contribution in [1.82, 2.24) is 5.32 Å². The van der Waals surface area contributed by atoms with Crippen LogP contribution in [0.4, 0.5) is 8.78 Å². The Kier molecular flexibility index (Phi) is 5.66. The smallest absolute Gasteiger partial charge is 0.479 e. The summed E-state index contributed by atoms with van der Waals surface area (Å²) in [6.45, 7) is 0. The van der Waals surface area contributed by atoms with E-state index >= 15 is 0 Å². The lowest BCUT2D eigenvalue weighted by atomic mass is 10.0. The van der Waals surface area contributed by atoms with Gasteiger partial charge in [-0.15, -0.1) is 8.78 Å². The molecule has 2 aromatic rings. The van der Waals surface area contributed by atoms with E-state index in [4.69, 9.17) is 5.73 Å². The van der Waals surface area contributed by atoms with Gasteiger partial charge < -0.3 is 30.7 Å². The molecule has 10 heteroatoms. The van der Waals surface area contributed by atoms with Gasteiger partial charge in [0.15, 0.2) is 17.5 Å². The van der Waals surface area contributed by atoms with Crippen molar-refractivity contribution < 1.29 is 38.1 Å². The highest BCUT2D eigenvalue weighted by Crippen LogP contribution is 2.42. The monoisotopic (exact) mass is 408 g/mol. The van der Waals surface area contributed by atoms with Crippen LogP contribution in [0.15, 0.2) is 48.5 Å². The van der Waals surface area contributed by atoms with E-state index in [0.717, 1.165) is 17.7 Å². The first-order valence-corrected chi connectivity index (χ1v) is 8.57. The van der Waals surface area contributed by atoms with Gasteiger partial charge in [-0.3, -0.25) is 4.79 Å². The number of aliphatic hydroxyl groups excluding tert-OH is 1. The SMILES string of the molecule is N[C@H](Cc1ccccc1)[C@H](O)C(=O)NC(C(=O)O)c1ccc2c(c1)OC(F)(F)O2. The van der Waals surface area contributed by atoms with Gasteiger partial charge in [-0.05, 0) is 29.7 Å². The Hall–Kier alpha value is -3.24. The molecule has 154 valence electrons. The Balaban J connectivity index is 1.71. The third-order valence-corrected chi connectivity index (χ3v) is 4.28. The predicted molar refractivity (Wildman–Crippen MR) is 95.3 cm³/mol. The van der Waals surface area contributed by atoms with Crippen molar-refractivity contribution in [1.29, 1.82) is 0 Å². The van der Waals surface area contributed by atoms with Crippen molar-refractivity contribution in [3.05, 3.63) is 59.7 Å². The van der Waals surface area contributed by atoms with E-state index in [1.54, 1.807) is 30.3 Å². The number of halogens is 2. The number of ether oxygens (including phenoxy) is 2. The van der Waals surface area contributed by atoms with Crippen molar-refractivity contribution >= 4 is 11.9 Å². The first-order chi connectivity index (χ1) is 13.7. The minimum atomic E-state index is -3.86. The number of aliphatic hydroxyl groups is 1. The number of benzene rings is 2. The number of carbonyl (C=O) groups excluding carboxylic acids is 1. The number of carboxylic acids is 1. The molecule has 8 nitrogen and oxygen atoms in total. The number of hydrogen-bond donors (Lipinski definition) is 4. The van der Waals surface area contributed by atoms with E-state index in [2.05, 4.69) is 14.8 Å². The fourth-order valence-corrected chi connectivity index (χ4v) is 2.85. The molecule has 0 saturated carbocycles. The number of fused-ring (bicyclic) bond motifs is 1. The molecule has 0 aliphatic carbocycles. The van der Waals surface area contributed by atoms with Crippen LogP contribution in [0, 0.1) is 0 Å². The third kappa shape index (κ3) is 4.79. The maximum absolute atomic E-state index is 13.1. The molecule has 29 heavy (non-hydrogen) atoms. The Morgan fingerprint density at radius 3 is 2.41 bits per heavy atom. The predicted octanol–water partition coefficient (Wildman–Crippen LogP) is 1.18. The van der Waals surface area contributed by atoms with E-state index in [0.29, 0.717) is 0 Å². The zero-order valence-electron chi connectivity index (χ0n) is 14.9. The molecule has 0 spiro atoms. The van der Waals surface area contributed by atoms with Crippen molar-refractivity contribution in [2.45, 2.75) is 30.9 Å². The molecule has 0 fully saturated rings. The Morgan fingerprint density at radius 2 is 1.76 bits per heavy atom. The van der Waals surface area contributed by atoms with E-state index in [-0.39, 0.29) is 23.5 Å². The Bertz CT molecular complexity index is 909. The fraction of sp³-hybridized carbons (Fsp3) is 0.263. The number of amides is 1. The molecule has 2 aromatic carbocycles. The average Bonchev–Trinajstić information content (AvgIpc) is 2.98. The van der Waals surface area contributed by atoms with E-state index in [1.165, 1.54) is 6.07 Å². The van der Waals surface area contributed by atoms with Crippen molar-refractivity contribution in [2.75, 3.05) is 0 Å². The van der Waals surface area contributed by atoms with Crippen molar-refractivity contribution in [2.24, 2.45) is 5.73 Å². The Labute approximate surface area is 163 Å². The average molecular weight is 408 g/mol. The number of aliphatic carboxylic acids is 1. The van der Waals surface area contributed by atoms with Crippen LogP contribution >= 0.6 is 0 Å². The minimum absolute atomic E-state index is 0.0465. The first kappa shape index (κ1) is 20.5. The van der Waals surface area contributed by atoms with Gasteiger partial charge >= 0.3 is 12.3 Å². The summed E-state index contributed by atoms with van der Waals surface area (Å²) < 4.78 is 34.8. The molecule has 1 aliphatic heterocycles. The minimum Gasteiger partial charge on any atom is -0.479 e. The first-order valence-electron chi connectivity index (χ1n) is 8.57. The van der Waals surface area contributed by atoms with Gasteiger partial charge in [0.2, 0.25) is 0 Å². The summed E-state index contributed by atoms with van der Waals surface area (Å²) in [7, 11) is 0. The van der Waals surface area contributed by atoms with Crippen LogP contribution in [-0.4, -0.2) is 40.5 Å². The molecule has 0 aromatic heterocycles. The highest BCUT2D eigenvalue weighted by atomic mass is 19.3. The van der Waals surface area contributed by atoms with Gasteiger partial charge in [0.05, 0.1) is 0 Å². The normalized spacial score (nSPS) is 17.2. The van der Waals surface area contributed by atoms with Crippen LogP contribution in [0.2, 0.25) is 0 Å². The highest BCUT2D eigenvalue weighted by molar-refractivity contribution is 5.87. The second-order valence-electron chi connectivity index (χ2n) is 6.45. The summed E-state index contributed by atoms with van der Waals surface area (Å²) >= 11 is 0. The number of nitrogens with one attached hydrogen (secondary N) is 1. The van der Waals surface area contributed by atoms with E-state index in [9.17, 15) is 28.6 Å². The zero-order chi connectivity index (χ0) is 21.2. The molecule has 1 unspecified atom stereocenters. The summed E-state index contributed by atoms with van der Waals surface area (Å²) in [6.07, 6.45) is -5.36. The standard InChI is InChI=1S/C19H18F2N2O6/c20-19(21)28-13-7-6-11(9-14(13)29-19)15(18(26)27)23-17(25)16(24)12(22)8-10-4-2-1-3-5-10/h1-7,9,12,15-16,24H,8,22H2,(H,23,25)(H,26,27)/t12-,15?,16+/m1/s1. The van der Waals surface area contributed by atoms with Gasteiger partial charge in [-0.2, -0.15) is 0 Å². The van der Waals surface area contributed by atoms with Gasteiger partial charge in [-0.25, -0.2) is 4.79 Å². The largest absolute Gasteiger partial charge is 0.586 e. The second kappa shape index (κ2) is 8.02. The van der Waals surface area contributed by atoms with Gasteiger partial charge in [-0.1, -0.05) is 36.4 Å². The molecular formula is C19H18F2N2O6. The fourth-order valence-electron chi connectivity index (χ4n) is 2.85. The molecule has 1 heterocycles. The number of nitrogens with two attached hydrogens (primary N) is 1. The van der Waals surface area contributed by atoms with Gasteiger partial charge in [0.1, 0.15) is 6.10 Å². The molecular weight excluding hydrogens is 390 g/mol. The van der Waals surface area contributed by atoms with Crippen LogP contribution in [0.25, 0.3) is 0 Å². The summed E-state index contributed by atoms with van der Waals surface area (Å²) in [5.74, 6) is -3.11. The highest BCUT2D eigenvalue weighted by Gasteiger charge is 2.44. The molecule has 5 N–H and O–H groups in total. The van der Waals surface area contributed by atoms with E-state index < -0.39 is 36.4 Å². The summed E-state index contributed by atoms with van der Waals surface area (Å²) in [5, 5.41) is 21.8. The molecule has 3 rings (SSSR count). The molecule has 0 bridgehead atoms. The summed E-state index contributed by atoms with van der Waals surface area (Å²) in [5.41, 5.74) is 6.61. The van der Waals surface area contributed by atoms with Crippen LogP contribution in [0.3, 0.4) is 0 Å². The van der Waals surface area contributed by atoms with Crippen molar-refractivity contribution in [3.63, 3.8) is 0 Å². The number of hydrogen-bond acceptors (Lipinski definition) is 6.